The molecule has 1 fully saturated rings. The second kappa shape index (κ2) is 11.2. The van der Waals surface area contributed by atoms with Crippen LogP contribution in [0.2, 0.25) is 0 Å². The maximum atomic E-state index is 13.3. The molecule has 1 amide bonds. The van der Waals surface area contributed by atoms with Gasteiger partial charge in [0, 0.05) is 43.9 Å². The van der Waals surface area contributed by atoms with Gasteiger partial charge in [-0.25, -0.2) is 0 Å². The van der Waals surface area contributed by atoms with E-state index in [1.165, 1.54) is 11.1 Å². The van der Waals surface area contributed by atoms with Gasteiger partial charge in [0.15, 0.2) is 0 Å². The first kappa shape index (κ1) is 23.8. The molecular weight excluding hydrogens is 424 g/mol. The van der Waals surface area contributed by atoms with Gasteiger partial charge in [-0.2, -0.15) is 0 Å². The van der Waals surface area contributed by atoms with Crippen LogP contribution in [0.15, 0.2) is 72.8 Å². The van der Waals surface area contributed by atoms with Gasteiger partial charge in [-0.15, -0.1) is 0 Å². The highest BCUT2D eigenvalue weighted by Gasteiger charge is 2.23. The summed E-state index contributed by atoms with van der Waals surface area (Å²) in [6.07, 6.45) is 0. The molecule has 0 unspecified atom stereocenters. The Bertz CT molecular complexity index is 1090. The van der Waals surface area contributed by atoms with Crippen LogP contribution in [0.3, 0.4) is 0 Å². The zero-order chi connectivity index (χ0) is 23.9. The molecule has 0 radical (unpaired) electrons. The molecule has 0 saturated carbocycles. The van der Waals surface area contributed by atoms with Gasteiger partial charge in [0.2, 0.25) is 0 Å². The van der Waals surface area contributed by atoms with E-state index in [2.05, 4.69) is 49.1 Å². The predicted molar refractivity (Wildman–Crippen MR) is 135 cm³/mol. The summed E-state index contributed by atoms with van der Waals surface area (Å²) in [4.78, 5) is 17.6. The average Bonchev–Trinajstić information content (AvgIpc) is 2.88. The summed E-state index contributed by atoms with van der Waals surface area (Å²) in [6, 6.07) is 24.2. The first-order valence-electron chi connectivity index (χ1n) is 12.0. The minimum absolute atomic E-state index is 0.0610. The molecule has 1 heterocycles. The fraction of sp³-hybridized carbons (Fsp3) is 0.345. The number of ether oxygens (including phenoxy) is 2. The number of hydrogen-bond acceptors (Lipinski definition) is 4. The molecule has 1 aliphatic heterocycles. The van der Waals surface area contributed by atoms with Crippen LogP contribution in [-0.2, 0) is 13.2 Å². The van der Waals surface area contributed by atoms with Crippen LogP contribution < -0.4 is 9.47 Å². The number of benzene rings is 3. The number of nitrogens with zero attached hydrogens (tertiary/aromatic N) is 2. The molecule has 0 aliphatic carbocycles. The summed E-state index contributed by atoms with van der Waals surface area (Å²) in [5, 5.41) is 0. The summed E-state index contributed by atoms with van der Waals surface area (Å²) in [5.41, 5.74) is 4.02. The quantitative estimate of drug-likeness (QED) is 0.456. The van der Waals surface area contributed by atoms with Crippen molar-refractivity contribution in [2.45, 2.75) is 32.9 Å². The van der Waals surface area contributed by atoms with Gasteiger partial charge < -0.3 is 14.4 Å². The van der Waals surface area contributed by atoms with Gasteiger partial charge in [-0.3, -0.25) is 9.69 Å². The van der Waals surface area contributed by atoms with Crippen LogP contribution in [0, 0.1) is 0 Å². The lowest BCUT2D eigenvalue weighted by Gasteiger charge is -2.35. The van der Waals surface area contributed by atoms with E-state index in [0.29, 0.717) is 18.1 Å². The van der Waals surface area contributed by atoms with E-state index < -0.39 is 0 Å². The van der Waals surface area contributed by atoms with E-state index in [1.807, 2.05) is 47.4 Å². The summed E-state index contributed by atoms with van der Waals surface area (Å²) < 4.78 is 11.7. The van der Waals surface area contributed by atoms with Gasteiger partial charge in [0.05, 0.1) is 7.11 Å². The van der Waals surface area contributed by atoms with E-state index in [1.54, 1.807) is 7.11 Å². The Hall–Kier alpha value is -3.31. The van der Waals surface area contributed by atoms with Crippen LogP contribution in [-0.4, -0.2) is 49.0 Å². The van der Waals surface area contributed by atoms with E-state index in [9.17, 15) is 4.79 Å². The predicted octanol–water partition coefficient (Wildman–Crippen LogP) is 5.36. The number of carbonyl (C=O) groups is 1. The number of para-hydroxylation sites is 1. The molecular formula is C29H34N2O3. The van der Waals surface area contributed by atoms with Crippen molar-refractivity contribution in [3.05, 3.63) is 95.1 Å². The fourth-order valence-corrected chi connectivity index (χ4v) is 4.40. The smallest absolute Gasteiger partial charge is 0.253 e. The van der Waals surface area contributed by atoms with E-state index >= 15 is 0 Å². The molecule has 1 saturated heterocycles. The SMILES string of the molecule is COc1ccc(C(=O)N2CCN(Cc3ccccc3)CC2)cc1COc1ccccc1C(C)C. The summed E-state index contributed by atoms with van der Waals surface area (Å²) >= 11 is 0. The number of piperazine rings is 1. The topological polar surface area (TPSA) is 42.0 Å². The van der Waals surface area contributed by atoms with E-state index in [4.69, 9.17) is 9.47 Å². The molecule has 5 heteroatoms. The van der Waals surface area contributed by atoms with Crippen LogP contribution in [0.5, 0.6) is 11.5 Å². The van der Waals surface area contributed by atoms with Crippen LogP contribution in [0.4, 0.5) is 0 Å². The first-order valence-corrected chi connectivity index (χ1v) is 12.0. The minimum Gasteiger partial charge on any atom is -0.496 e. The van der Waals surface area contributed by atoms with Crippen LogP contribution in [0.25, 0.3) is 0 Å². The Morgan fingerprint density at radius 2 is 1.59 bits per heavy atom. The Balaban J connectivity index is 1.41. The summed E-state index contributed by atoms with van der Waals surface area (Å²) in [7, 11) is 1.65. The lowest BCUT2D eigenvalue weighted by Crippen LogP contribution is -2.48. The monoisotopic (exact) mass is 458 g/mol. The summed E-state index contributed by atoms with van der Waals surface area (Å²) in [5.74, 6) is 2.02. The lowest BCUT2D eigenvalue weighted by molar-refractivity contribution is 0.0628. The van der Waals surface area contributed by atoms with Gasteiger partial charge >= 0.3 is 0 Å². The fourth-order valence-electron chi connectivity index (χ4n) is 4.40. The number of rotatable bonds is 8. The van der Waals surface area contributed by atoms with Crippen molar-refractivity contribution in [3.8, 4) is 11.5 Å². The maximum Gasteiger partial charge on any atom is 0.253 e. The molecule has 34 heavy (non-hydrogen) atoms. The molecule has 0 N–H and O–H groups in total. The van der Waals surface area contributed by atoms with Crippen LogP contribution >= 0.6 is 0 Å². The highest BCUT2D eigenvalue weighted by Crippen LogP contribution is 2.28. The highest BCUT2D eigenvalue weighted by molar-refractivity contribution is 5.94. The van der Waals surface area contributed by atoms with Crippen molar-refractivity contribution in [2.24, 2.45) is 0 Å². The Morgan fingerprint density at radius 3 is 2.29 bits per heavy atom. The molecule has 178 valence electrons. The number of hydrogen-bond donors (Lipinski definition) is 0. The zero-order valence-corrected chi connectivity index (χ0v) is 20.4. The molecule has 0 aromatic heterocycles. The molecule has 0 spiro atoms. The number of methoxy groups -OCH3 is 1. The highest BCUT2D eigenvalue weighted by atomic mass is 16.5. The minimum atomic E-state index is 0.0610. The molecule has 3 aromatic rings. The van der Waals surface area contributed by atoms with Crippen molar-refractivity contribution in [2.75, 3.05) is 33.3 Å². The van der Waals surface area contributed by atoms with Crippen molar-refractivity contribution < 1.29 is 14.3 Å². The Labute approximate surface area is 202 Å². The standard InChI is InChI=1S/C29H34N2O3/c1-22(2)26-11-7-8-12-28(26)34-21-25-19-24(13-14-27(25)33-3)29(32)31-17-15-30(16-18-31)20-23-9-5-4-6-10-23/h4-14,19,22H,15-18,20-21H2,1-3H3. The molecule has 0 atom stereocenters. The average molecular weight is 459 g/mol. The largest absolute Gasteiger partial charge is 0.496 e. The second-order valence-corrected chi connectivity index (χ2v) is 9.06. The lowest BCUT2D eigenvalue weighted by atomic mass is 10.0. The maximum absolute atomic E-state index is 13.3. The van der Waals surface area contributed by atoms with Crippen molar-refractivity contribution >= 4 is 5.91 Å². The third-order valence-corrected chi connectivity index (χ3v) is 6.36. The number of carbonyl (C=O) groups excluding carboxylic acids is 1. The normalized spacial score (nSPS) is 14.3. The summed E-state index contributed by atoms with van der Waals surface area (Å²) in [6.45, 7) is 8.78. The van der Waals surface area contributed by atoms with Gasteiger partial charge in [-0.05, 0) is 41.3 Å². The molecule has 1 aliphatic rings. The van der Waals surface area contributed by atoms with Crippen molar-refractivity contribution in [1.82, 2.24) is 9.80 Å². The van der Waals surface area contributed by atoms with Crippen molar-refractivity contribution in [3.63, 3.8) is 0 Å². The molecule has 4 rings (SSSR count). The second-order valence-electron chi connectivity index (χ2n) is 9.06. The van der Waals surface area contributed by atoms with Crippen molar-refractivity contribution in [1.29, 1.82) is 0 Å². The zero-order valence-electron chi connectivity index (χ0n) is 20.4. The Kier molecular flexibility index (Phi) is 7.86. The van der Waals surface area contributed by atoms with E-state index in [-0.39, 0.29) is 5.91 Å². The molecule has 5 nitrogen and oxygen atoms in total. The third-order valence-electron chi connectivity index (χ3n) is 6.36. The van der Waals surface area contributed by atoms with Gasteiger partial charge in [0.25, 0.3) is 5.91 Å². The van der Waals surface area contributed by atoms with Gasteiger partial charge in [-0.1, -0.05) is 62.4 Å². The first-order chi connectivity index (χ1) is 16.5. The molecule has 3 aromatic carbocycles. The van der Waals surface area contributed by atoms with Crippen LogP contribution in [0.1, 0.15) is 46.8 Å². The molecule has 0 bridgehead atoms. The number of amides is 1. The van der Waals surface area contributed by atoms with Gasteiger partial charge in [0.1, 0.15) is 18.1 Å². The third kappa shape index (κ3) is 5.78. The Morgan fingerprint density at radius 1 is 0.882 bits per heavy atom. The van der Waals surface area contributed by atoms with E-state index in [0.717, 1.165) is 49.8 Å².